The Hall–Kier alpha value is -2.15. The predicted octanol–water partition coefficient (Wildman–Crippen LogP) is 2.50. The van der Waals surface area contributed by atoms with E-state index in [1.54, 1.807) is 24.1 Å². The molecule has 1 aliphatic carbocycles. The van der Waals surface area contributed by atoms with Crippen molar-refractivity contribution in [3.63, 3.8) is 0 Å². The summed E-state index contributed by atoms with van der Waals surface area (Å²) in [6.07, 6.45) is -1.23. The van der Waals surface area contributed by atoms with Gasteiger partial charge in [-0.15, -0.1) is 0 Å². The fraction of sp³-hybridized carbons (Fsp3) is 0.375. The zero-order valence-electron chi connectivity index (χ0n) is 12.3. The molecule has 0 spiro atoms. The predicted molar refractivity (Wildman–Crippen MR) is 75.7 cm³/mol. The molecule has 23 heavy (non-hydrogen) atoms. The summed E-state index contributed by atoms with van der Waals surface area (Å²) in [6.45, 7) is -0.674. The first-order valence-corrected chi connectivity index (χ1v) is 7.13. The molecule has 1 aromatic heterocycles. The van der Waals surface area contributed by atoms with Crippen molar-refractivity contribution in [2.24, 2.45) is 13.0 Å². The van der Waals surface area contributed by atoms with Gasteiger partial charge in [0.1, 0.15) is 6.61 Å². The number of Topliss-reactive ketones (excluding diaryl/α,β-unsaturated/α-hetero) is 1. The Morgan fingerprint density at radius 1 is 1.30 bits per heavy atom. The van der Waals surface area contributed by atoms with E-state index in [2.05, 4.69) is 5.10 Å². The standard InChI is InChI=1S/C16H15F3N2O2/c1-21-7-9(6-20-21)13-14(15(13)12(23)8-22)10-4-2-3-5-11(10)16(17,18)19/h2-7,13-15,22H,8H2,1H3/t13-,14-,15+/m1/s1. The molecule has 3 rings (SSSR count). The number of aliphatic hydroxyl groups excluding tert-OH is 1. The molecule has 7 heteroatoms. The topological polar surface area (TPSA) is 55.1 Å². The number of hydrogen-bond donors (Lipinski definition) is 1. The van der Waals surface area contributed by atoms with Crippen molar-refractivity contribution in [3.8, 4) is 0 Å². The van der Waals surface area contributed by atoms with E-state index in [1.165, 1.54) is 18.2 Å². The van der Waals surface area contributed by atoms with Gasteiger partial charge in [0.2, 0.25) is 0 Å². The Kier molecular flexibility index (Phi) is 3.75. The molecule has 3 atom stereocenters. The van der Waals surface area contributed by atoms with E-state index in [9.17, 15) is 18.0 Å². The lowest BCUT2D eigenvalue weighted by atomic mass is 9.99. The summed E-state index contributed by atoms with van der Waals surface area (Å²) in [4.78, 5) is 12.0. The van der Waals surface area contributed by atoms with Crippen LogP contribution in [0.3, 0.4) is 0 Å². The maximum Gasteiger partial charge on any atom is 0.416 e. The molecular formula is C16H15F3N2O2. The van der Waals surface area contributed by atoms with Crippen LogP contribution in [-0.4, -0.2) is 27.3 Å². The second-order valence-corrected chi connectivity index (χ2v) is 5.73. The van der Waals surface area contributed by atoms with Gasteiger partial charge in [-0.2, -0.15) is 18.3 Å². The van der Waals surface area contributed by atoms with Gasteiger partial charge in [0.05, 0.1) is 11.8 Å². The van der Waals surface area contributed by atoms with E-state index in [-0.39, 0.29) is 11.5 Å². The number of benzene rings is 1. The molecule has 1 N–H and O–H groups in total. The number of halogens is 3. The monoisotopic (exact) mass is 324 g/mol. The molecule has 1 saturated carbocycles. The maximum absolute atomic E-state index is 13.2. The van der Waals surface area contributed by atoms with Crippen molar-refractivity contribution in [1.29, 1.82) is 0 Å². The molecule has 1 heterocycles. The summed E-state index contributed by atoms with van der Waals surface area (Å²) in [5, 5.41) is 13.1. The van der Waals surface area contributed by atoms with Crippen molar-refractivity contribution in [2.75, 3.05) is 6.61 Å². The molecular weight excluding hydrogens is 309 g/mol. The summed E-state index contributed by atoms with van der Waals surface area (Å²) in [7, 11) is 1.70. The highest BCUT2D eigenvalue weighted by molar-refractivity contribution is 5.88. The van der Waals surface area contributed by atoms with Crippen LogP contribution >= 0.6 is 0 Å². The van der Waals surface area contributed by atoms with Crippen LogP contribution in [0.2, 0.25) is 0 Å². The number of nitrogens with zero attached hydrogens (tertiary/aromatic N) is 2. The SMILES string of the molecule is Cn1cc([C@H]2[C@H](C(=O)CO)[C@@H]2c2ccccc2C(F)(F)F)cn1. The normalized spacial score (nSPS) is 23.8. The highest BCUT2D eigenvalue weighted by Gasteiger charge is 2.57. The minimum atomic E-state index is -4.48. The molecule has 1 fully saturated rings. The minimum Gasteiger partial charge on any atom is -0.389 e. The molecule has 0 amide bonds. The highest BCUT2D eigenvalue weighted by atomic mass is 19.4. The molecule has 0 radical (unpaired) electrons. The largest absolute Gasteiger partial charge is 0.416 e. The second-order valence-electron chi connectivity index (χ2n) is 5.73. The Morgan fingerprint density at radius 2 is 2.00 bits per heavy atom. The van der Waals surface area contributed by atoms with Crippen LogP contribution < -0.4 is 0 Å². The van der Waals surface area contributed by atoms with Crippen LogP contribution in [-0.2, 0) is 18.0 Å². The lowest BCUT2D eigenvalue weighted by Gasteiger charge is -2.12. The fourth-order valence-corrected chi connectivity index (χ4v) is 3.28. The molecule has 0 bridgehead atoms. The van der Waals surface area contributed by atoms with Crippen molar-refractivity contribution in [3.05, 3.63) is 53.3 Å². The Balaban J connectivity index is 2.03. The van der Waals surface area contributed by atoms with Gasteiger partial charge in [-0.1, -0.05) is 18.2 Å². The van der Waals surface area contributed by atoms with Gasteiger partial charge < -0.3 is 5.11 Å². The Labute approximate surface area is 130 Å². The van der Waals surface area contributed by atoms with Crippen LogP contribution in [0.25, 0.3) is 0 Å². The van der Waals surface area contributed by atoms with E-state index < -0.39 is 36.0 Å². The number of aliphatic hydroxyl groups is 1. The number of carbonyl (C=O) groups is 1. The molecule has 0 aliphatic heterocycles. The molecule has 2 aromatic rings. The maximum atomic E-state index is 13.2. The van der Waals surface area contributed by atoms with Gasteiger partial charge in [0.25, 0.3) is 0 Å². The fourth-order valence-electron chi connectivity index (χ4n) is 3.28. The van der Waals surface area contributed by atoms with E-state index >= 15 is 0 Å². The third-order valence-corrected chi connectivity index (χ3v) is 4.28. The third-order valence-electron chi connectivity index (χ3n) is 4.28. The van der Waals surface area contributed by atoms with Crippen molar-refractivity contribution in [1.82, 2.24) is 9.78 Å². The third kappa shape index (κ3) is 2.76. The lowest BCUT2D eigenvalue weighted by molar-refractivity contribution is -0.138. The number of aromatic nitrogens is 2. The van der Waals surface area contributed by atoms with Crippen molar-refractivity contribution >= 4 is 5.78 Å². The number of ketones is 1. The first-order chi connectivity index (χ1) is 10.8. The van der Waals surface area contributed by atoms with Crippen LogP contribution in [0.5, 0.6) is 0 Å². The molecule has 122 valence electrons. The van der Waals surface area contributed by atoms with Gasteiger partial charge in [-0.25, -0.2) is 0 Å². The van der Waals surface area contributed by atoms with Gasteiger partial charge in [0.15, 0.2) is 5.78 Å². The quantitative estimate of drug-likeness (QED) is 0.940. The number of carbonyl (C=O) groups excluding carboxylic acids is 1. The molecule has 0 unspecified atom stereocenters. The van der Waals surface area contributed by atoms with Gasteiger partial charge in [-0.05, 0) is 17.2 Å². The summed E-state index contributed by atoms with van der Waals surface area (Å²) in [5.74, 6) is -2.06. The number of alkyl halides is 3. The van der Waals surface area contributed by atoms with E-state index in [0.29, 0.717) is 5.56 Å². The molecule has 0 saturated heterocycles. The average Bonchev–Trinajstić information content (AvgIpc) is 3.11. The minimum absolute atomic E-state index is 0.0978. The average molecular weight is 324 g/mol. The van der Waals surface area contributed by atoms with Gasteiger partial charge >= 0.3 is 6.18 Å². The molecule has 1 aliphatic rings. The van der Waals surface area contributed by atoms with Gasteiger partial charge in [0, 0.05) is 31.0 Å². The summed E-state index contributed by atoms with van der Waals surface area (Å²) >= 11 is 0. The van der Waals surface area contributed by atoms with Gasteiger partial charge in [-0.3, -0.25) is 9.48 Å². The first kappa shape index (κ1) is 15.7. The number of rotatable bonds is 4. The van der Waals surface area contributed by atoms with Crippen LogP contribution in [0.1, 0.15) is 28.5 Å². The summed E-state index contributed by atoms with van der Waals surface area (Å²) in [6, 6.07) is 5.29. The second kappa shape index (κ2) is 5.49. The smallest absolute Gasteiger partial charge is 0.389 e. The summed E-state index contributed by atoms with van der Waals surface area (Å²) < 4.78 is 41.2. The zero-order chi connectivity index (χ0) is 16.8. The van der Waals surface area contributed by atoms with Crippen LogP contribution in [0, 0.1) is 5.92 Å². The highest BCUT2D eigenvalue weighted by Crippen LogP contribution is 2.62. The van der Waals surface area contributed by atoms with Crippen molar-refractivity contribution < 1.29 is 23.1 Å². The molecule has 4 nitrogen and oxygen atoms in total. The van der Waals surface area contributed by atoms with E-state index in [4.69, 9.17) is 5.11 Å². The van der Waals surface area contributed by atoms with E-state index in [1.807, 2.05) is 0 Å². The summed E-state index contributed by atoms with van der Waals surface area (Å²) in [5.41, 5.74) is 0.0778. The first-order valence-electron chi connectivity index (χ1n) is 7.13. The van der Waals surface area contributed by atoms with E-state index in [0.717, 1.165) is 6.07 Å². The molecule has 1 aromatic carbocycles. The van der Waals surface area contributed by atoms with Crippen molar-refractivity contribution in [2.45, 2.75) is 18.0 Å². The zero-order valence-corrected chi connectivity index (χ0v) is 12.3. The number of hydrogen-bond acceptors (Lipinski definition) is 3. The Morgan fingerprint density at radius 3 is 2.57 bits per heavy atom. The lowest BCUT2D eigenvalue weighted by Crippen LogP contribution is -2.11. The Bertz CT molecular complexity index is 739. The van der Waals surface area contributed by atoms with Crippen LogP contribution in [0.4, 0.5) is 13.2 Å². The number of aryl methyl sites for hydroxylation is 1. The van der Waals surface area contributed by atoms with Crippen LogP contribution in [0.15, 0.2) is 36.7 Å².